The van der Waals surface area contributed by atoms with Crippen LogP contribution in [-0.4, -0.2) is 38.0 Å². The summed E-state index contributed by atoms with van der Waals surface area (Å²) in [7, 11) is 0. The summed E-state index contributed by atoms with van der Waals surface area (Å²) < 4.78 is 6.47. The monoisotopic (exact) mass is 330 g/mol. The fraction of sp³-hybridized carbons (Fsp3) is 0.571. The Labute approximate surface area is 123 Å². The molecule has 0 unspecified atom stereocenters. The second-order valence-electron chi connectivity index (χ2n) is 4.20. The van der Waals surface area contributed by atoms with Gasteiger partial charge in [-0.3, -0.25) is 0 Å². The van der Waals surface area contributed by atoms with Gasteiger partial charge >= 0.3 is 0 Å². The first-order valence-electron chi connectivity index (χ1n) is 6.71. The maximum atomic E-state index is 8.61. The van der Waals surface area contributed by atoms with Crippen molar-refractivity contribution in [2.45, 2.75) is 19.9 Å². The molecule has 0 heterocycles. The van der Waals surface area contributed by atoms with Gasteiger partial charge in [-0.15, -0.1) is 0 Å². The van der Waals surface area contributed by atoms with E-state index in [-0.39, 0.29) is 6.61 Å². The SMILES string of the molecule is CCOc1ccc(CNCCCNCCO)cc1Br. The molecule has 0 spiro atoms. The molecule has 0 amide bonds. The van der Waals surface area contributed by atoms with E-state index in [1.165, 1.54) is 5.56 Å². The van der Waals surface area contributed by atoms with Crippen LogP contribution in [0.1, 0.15) is 18.9 Å². The zero-order chi connectivity index (χ0) is 13.9. The molecular formula is C14H23BrN2O2. The topological polar surface area (TPSA) is 53.5 Å². The van der Waals surface area contributed by atoms with Gasteiger partial charge < -0.3 is 20.5 Å². The molecule has 0 radical (unpaired) electrons. The van der Waals surface area contributed by atoms with Crippen LogP contribution in [0.5, 0.6) is 5.75 Å². The first kappa shape index (κ1) is 16.4. The van der Waals surface area contributed by atoms with Gasteiger partial charge in [-0.2, -0.15) is 0 Å². The summed E-state index contributed by atoms with van der Waals surface area (Å²) in [6.07, 6.45) is 1.05. The minimum absolute atomic E-state index is 0.202. The highest BCUT2D eigenvalue weighted by Gasteiger charge is 2.01. The molecule has 0 aromatic heterocycles. The Morgan fingerprint density at radius 3 is 2.68 bits per heavy atom. The Morgan fingerprint density at radius 2 is 2.00 bits per heavy atom. The van der Waals surface area contributed by atoms with Crippen LogP contribution >= 0.6 is 15.9 Å². The molecule has 0 aliphatic rings. The average molecular weight is 331 g/mol. The predicted molar refractivity (Wildman–Crippen MR) is 81.6 cm³/mol. The lowest BCUT2D eigenvalue weighted by Gasteiger charge is -2.09. The molecule has 0 atom stereocenters. The van der Waals surface area contributed by atoms with Crippen molar-refractivity contribution in [3.8, 4) is 5.75 Å². The maximum absolute atomic E-state index is 8.61. The lowest BCUT2D eigenvalue weighted by molar-refractivity contribution is 0.292. The van der Waals surface area contributed by atoms with Gasteiger partial charge in [0.1, 0.15) is 5.75 Å². The number of aliphatic hydroxyl groups excluding tert-OH is 1. The standard InChI is InChI=1S/C14H23BrN2O2/c1-2-19-14-5-4-12(10-13(14)15)11-17-7-3-6-16-8-9-18/h4-5,10,16-18H,2-3,6-9,11H2,1H3. The zero-order valence-corrected chi connectivity index (χ0v) is 13.0. The number of hydrogen-bond donors (Lipinski definition) is 3. The van der Waals surface area contributed by atoms with E-state index in [2.05, 4.69) is 38.7 Å². The van der Waals surface area contributed by atoms with E-state index in [4.69, 9.17) is 9.84 Å². The lowest BCUT2D eigenvalue weighted by Crippen LogP contribution is -2.23. The van der Waals surface area contributed by atoms with Gasteiger partial charge in [0.05, 0.1) is 17.7 Å². The zero-order valence-electron chi connectivity index (χ0n) is 11.4. The van der Waals surface area contributed by atoms with Gasteiger partial charge in [0.15, 0.2) is 0 Å². The van der Waals surface area contributed by atoms with Crippen molar-refractivity contribution >= 4 is 15.9 Å². The Hall–Kier alpha value is -0.620. The minimum Gasteiger partial charge on any atom is -0.493 e. The Bertz CT molecular complexity index is 361. The van der Waals surface area contributed by atoms with E-state index in [0.717, 1.165) is 36.3 Å². The van der Waals surface area contributed by atoms with Gasteiger partial charge in [-0.1, -0.05) is 6.07 Å². The molecule has 4 nitrogen and oxygen atoms in total. The summed E-state index contributed by atoms with van der Waals surface area (Å²) in [6, 6.07) is 6.15. The Morgan fingerprint density at radius 1 is 1.21 bits per heavy atom. The average Bonchev–Trinajstić information content (AvgIpc) is 2.41. The molecule has 0 saturated carbocycles. The first-order valence-corrected chi connectivity index (χ1v) is 7.50. The van der Waals surface area contributed by atoms with Crippen LogP contribution in [0.2, 0.25) is 0 Å². The Kier molecular flexibility index (Phi) is 8.82. The predicted octanol–water partition coefficient (Wildman–Crippen LogP) is 1.91. The van der Waals surface area contributed by atoms with Crippen LogP contribution in [-0.2, 0) is 6.54 Å². The lowest BCUT2D eigenvalue weighted by atomic mass is 10.2. The molecule has 108 valence electrons. The second-order valence-corrected chi connectivity index (χ2v) is 5.06. The third-order valence-electron chi connectivity index (χ3n) is 2.62. The highest BCUT2D eigenvalue weighted by molar-refractivity contribution is 9.10. The van der Waals surface area contributed by atoms with E-state index >= 15 is 0 Å². The fourth-order valence-corrected chi connectivity index (χ4v) is 2.24. The number of aliphatic hydroxyl groups is 1. The van der Waals surface area contributed by atoms with Crippen LogP contribution in [0, 0.1) is 0 Å². The maximum Gasteiger partial charge on any atom is 0.133 e. The summed E-state index contributed by atoms with van der Waals surface area (Å²) in [5.74, 6) is 0.888. The van der Waals surface area contributed by atoms with Crippen LogP contribution in [0.4, 0.5) is 0 Å². The summed E-state index contributed by atoms with van der Waals surface area (Å²) in [5, 5.41) is 15.2. The normalized spacial score (nSPS) is 10.7. The highest BCUT2D eigenvalue weighted by atomic mass is 79.9. The minimum atomic E-state index is 0.202. The molecule has 0 bridgehead atoms. The van der Waals surface area contributed by atoms with E-state index in [1.54, 1.807) is 0 Å². The molecule has 0 aliphatic heterocycles. The smallest absolute Gasteiger partial charge is 0.133 e. The molecule has 19 heavy (non-hydrogen) atoms. The van der Waals surface area contributed by atoms with Crippen molar-refractivity contribution in [3.05, 3.63) is 28.2 Å². The largest absolute Gasteiger partial charge is 0.493 e. The number of nitrogens with one attached hydrogen (secondary N) is 2. The van der Waals surface area contributed by atoms with Crippen LogP contribution in [0.15, 0.2) is 22.7 Å². The molecule has 0 saturated heterocycles. The number of hydrogen-bond acceptors (Lipinski definition) is 4. The van der Waals surface area contributed by atoms with E-state index in [1.807, 2.05) is 13.0 Å². The molecule has 0 aliphatic carbocycles. The number of benzene rings is 1. The molecule has 1 aromatic carbocycles. The van der Waals surface area contributed by atoms with Crippen LogP contribution in [0.3, 0.4) is 0 Å². The quantitative estimate of drug-likeness (QED) is 0.574. The van der Waals surface area contributed by atoms with Crippen molar-refractivity contribution in [1.82, 2.24) is 10.6 Å². The molecular weight excluding hydrogens is 308 g/mol. The second kappa shape index (κ2) is 10.2. The van der Waals surface area contributed by atoms with Gasteiger partial charge in [0, 0.05) is 13.1 Å². The van der Waals surface area contributed by atoms with Gasteiger partial charge in [0.25, 0.3) is 0 Å². The summed E-state index contributed by atoms with van der Waals surface area (Å²) in [6.45, 7) is 6.28. The fourth-order valence-electron chi connectivity index (χ4n) is 1.70. The summed E-state index contributed by atoms with van der Waals surface area (Å²) in [5.41, 5.74) is 1.23. The summed E-state index contributed by atoms with van der Waals surface area (Å²) >= 11 is 3.51. The van der Waals surface area contributed by atoms with Gasteiger partial charge in [-0.05, 0) is 60.1 Å². The van der Waals surface area contributed by atoms with E-state index in [0.29, 0.717) is 13.2 Å². The van der Waals surface area contributed by atoms with Crippen molar-refractivity contribution in [2.24, 2.45) is 0 Å². The van der Waals surface area contributed by atoms with Crippen LogP contribution < -0.4 is 15.4 Å². The highest BCUT2D eigenvalue weighted by Crippen LogP contribution is 2.25. The van der Waals surface area contributed by atoms with Crippen LogP contribution in [0.25, 0.3) is 0 Å². The van der Waals surface area contributed by atoms with Crippen molar-refractivity contribution in [2.75, 3.05) is 32.8 Å². The summed E-state index contributed by atoms with van der Waals surface area (Å²) in [4.78, 5) is 0. The number of rotatable bonds is 10. The molecule has 1 aromatic rings. The Balaban J connectivity index is 2.20. The van der Waals surface area contributed by atoms with Crippen molar-refractivity contribution in [1.29, 1.82) is 0 Å². The number of ether oxygens (including phenoxy) is 1. The third-order valence-corrected chi connectivity index (χ3v) is 3.24. The first-order chi connectivity index (χ1) is 9.27. The van der Waals surface area contributed by atoms with Gasteiger partial charge in [-0.25, -0.2) is 0 Å². The van der Waals surface area contributed by atoms with Crippen molar-refractivity contribution in [3.63, 3.8) is 0 Å². The molecule has 1 rings (SSSR count). The molecule has 0 fully saturated rings. The van der Waals surface area contributed by atoms with E-state index < -0.39 is 0 Å². The molecule has 5 heteroatoms. The van der Waals surface area contributed by atoms with Crippen molar-refractivity contribution < 1.29 is 9.84 Å². The third kappa shape index (κ3) is 6.92. The van der Waals surface area contributed by atoms with Gasteiger partial charge in [0.2, 0.25) is 0 Å². The molecule has 3 N–H and O–H groups in total. The van der Waals surface area contributed by atoms with E-state index in [9.17, 15) is 0 Å². The number of halogens is 1.